The maximum absolute atomic E-state index is 14.8. The van der Waals surface area contributed by atoms with E-state index < -0.39 is 18.4 Å². The normalized spacial score (nSPS) is 14.1. The molecule has 2 aromatic rings. The van der Waals surface area contributed by atoms with E-state index in [0.29, 0.717) is 12.0 Å². The molecule has 3 rings (SSSR count). The van der Waals surface area contributed by atoms with Crippen molar-refractivity contribution in [2.45, 2.75) is 76.8 Å². The number of halogens is 5. The van der Waals surface area contributed by atoms with Gasteiger partial charge in [-0.3, -0.25) is 0 Å². The Hall–Kier alpha value is -2.06. The molecule has 0 radical (unpaired) electrons. The van der Waals surface area contributed by atoms with Gasteiger partial charge in [0.05, 0.1) is 6.42 Å². The molecule has 1 aliphatic rings. The zero-order valence-corrected chi connectivity index (χ0v) is 23.6. The lowest BCUT2D eigenvalue weighted by molar-refractivity contribution is -0.129. The first-order chi connectivity index (χ1) is 18.7. The molecule has 0 aromatic heterocycles. The predicted octanol–water partition coefficient (Wildman–Crippen LogP) is 9.27. The third-order valence-corrected chi connectivity index (χ3v) is 8.35. The summed E-state index contributed by atoms with van der Waals surface area (Å²) in [6.07, 6.45) is 4.19. The smallest absolute Gasteiger partial charge is 0.389 e. The Morgan fingerprint density at radius 1 is 0.846 bits per heavy atom. The molecule has 0 saturated carbocycles. The van der Waals surface area contributed by atoms with Gasteiger partial charge in [-0.2, -0.15) is 24.9 Å². The summed E-state index contributed by atoms with van der Waals surface area (Å²) in [6.45, 7) is 1.93. The molecule has 0 fully saturated rings. The van der Waals surface area contributed by atoms with Crippen LogP contribution in [0, 0.1) is 11.6 Å². The van der Waals surface area contributed by atoms with Gasteiger partial charge in [0, 0.05) is 5.75 Å². The van der Waals surface area contributed by atoms with Crippen molar-refractivity contribution in [3.05, 3.63) is 64.7 Å². The van der Waals surface area contributed by atoms with Crippen LogP contribution in [0.1, 0.15) is 80.9 Å². The minimum absolute atomic E-state index is 0.143. The van der Waals surface area contributed by atoms with E-state index in [2.05, 4.69) is 11.9 Å². The van der Waals surface area contributed by atoms with Crippen LogP contribution in [-0.2, 0) is 6.42 Å². The molecular weight excluding hydrogens is 529 g/mol. The summed E-state index contributed by atoms with van der Waals surface area (Å²) in [5.74, 6) is -0.219. The van der Waals surface area contributed by atoms with E-state index in [4.69, 9.17) is 0 Å². The van der Waals surface area contributed by atoms with Crippen molar-refractivity contribution < 1.29 is 27.1 Å². The Balaban J connectivity index is 1.46. The fourth-order valence-corrected chi connectivity index (χ4v) is 6.16. The van der Waals surface area contributed by atoms with E-state index >= 15 is 0 Å². The van der Waals surface area contributed by atoms with Crippen LogP contribution in [0.2, 0.25) is 0 Å². The number of thioether (sulfide) groups is 1. The van der Waals surface area contributed by atoms with E-state index in [9.17, 15) is 27.1 Å². The second-order valence-electron chi connectivity index (χ2n) is 10.4. The number of phenolic OH excluding ortho intramolecular Hbond substituents is 1. The molecule has 1 N–H and O–H groups in total. The van der Waals surface area contributed by atoms with Gasteiger partial charge in [0.1, 0.15) is 5.82 Å². The molecule has 8 heteroatoms. The van der Waals surface area contributed by atoms with Crippen LogP contribution in [0.3, 0.4) is 0 Å². The maximum atomic E-state index is 14.8. The van der Waals surface area contributed by atoms with Crippen LogP contribution in [0.25, 0.3) is 11.1 Å². The van der Waals surface area contributed by atoms with Crippen molar-refractivity contribution in [3.63, 3.8) is 0 Å². The molecule has 2 aromatic carbocycles. The van der Waals surface area contributed by atoms with Crippen LogP contribution in [0.15, 0.2) is 36.4 Å². The standard InChI is InChI=1S/C31H40F5NOS/c1-37(20-6-7-21-39-22-18-31(34,35)36)19-5-3-2-4-9-26-25(23-12-14-24(32)15-13-23)10-8-11-28-27(26)16-17-29(38)30(28)33/h12-17,38H,2-11,18-22H2,1H3. The minimum Gasteiger partial charge on any atom is -0.505 e. The Morgan fingerprint density at radius 3 is 2.26 bits per heavy atom. The highest BCUT2D eigenvalue weighted by molar-refractivity contribution is 7.99. The summed E-state index contributed by atoms with van der Waals surface area (Å²) in [6, 6.07) is 9.77. The lowest BCUT2D eigenvalue weighted by Gasteiger charge is -2.18. The second kappa shape index (κ2) is 15.7. The van der Waals surface area contributed by atoms with Crippen molar-refractivity contribution in [2.75, 3.05) is 31.6 Å². The number of allylic oxidation sites excluding steroid dienone is 2. The molecule has 0 bridgehead atoms. The fourth-order valence-electron chi connectivity index (χ4n) is 5.17. The maximum Gasteiger partial charge on any atom is 0.389 e. The van der Waals surface area contributed by atoms with Crippen molar-refractivity contribution >= 4 is 22.9 Å². The lowest BCUT2D eigenvalue weighted by Crippen LogP contribution is -2.21. The van der Waals surface area contributed by atoms with E-state index in [0.717, 1.165) is 98.9 Å². The number of fused-ring (bicyclic) bond motifs is 1. The molecule has 0 spiro atoms. The SMILES string of the molecule is CN(CCCCCCC1=C(c2ccc(F)cc2)CCCc2c1ccc(O)c2F)CCCCSCCC(F)(F)F. The number of unbranched alkanes of at least 4 members (excludes halogenated alkanes) is 4. The Kier molecular flexibility index (Phi) is 12.6. The first kappa shape index (κ1) is 31.5. The number of nitrogens with zero attached hydrogens (tertiary/aromatic N) is 1. The zero-order valence-electron chi connectivity index (χ0n) is 22.8. The number of hydrogen-bond acceptors (Lipinski definition) is 3. The summed E-state index contributed by atoms with van der Waals surface area (Å²) in [7, 11) is 2.09. The number of aromatic hydroxyl groups is 1. The summed E-state index contributed by atoms with van der Waals surface area (Å²) < 4.78 is 64.9. The zero-order chi connectivity index (χ0) is 28.3. The van der Waals surface area contributed by atoms with Crippen LogP contribution < -0.4 is 0 Å². The van der Waals surface area contributed by atoms with Gasteiger partial charge in [-0.15, -0.1) is 0 Å². The molecule has 39 heavy (non-hydrogen) atoms. The number of phenols is 1. The molecule has 2 nitrogen and oxygen atoms in total. The summed E-state index contributed by atoms with van der Waals surface area (Å²) in [5.41, 5.74) is 4.63. The van der Waals surface area contributed by atoms with Crippen LogP contribution >= 0.6 is 11.8 Å². The van der Waals surface area contributed by atoms with Gasteiger partial charge in [-0.05, 0) is 123 Å². The third kappa shape index (κ3) is 10.5. The van der Waals surface area contributed by atoms with Gasteiger partial charge in [0.2, 0.25) is 0 Å². The highest BCUT2D eigenvalue weighted by Crippen LogP contribution is 2.41. The van der Waals surface area contributed by atoms with Crippen LogP contribution in [0.4, 0.5) is 22.0 Å². The van der Waals surface area contributed by atoms with Gasteiger partial charge in [-0.1, -0.05) is 31.0 Å². The largest absolute Gasteiger partial charge is 0.505 e. The molecular formula is C31H40F5NOS. The number of benzene rings is 2. The van der Waals surface area contributed by atoms with Crippen molar-refractivity contribution in [3.8, 4) is 5.75 Å². The molecule has 0 amide bonds. The summed E-state index contributed by atoms with van der Waals surface area (Å²) >= 11 is 1.38. The predicted molar refractivity (Wildman–Crippen MR) is 152 cm³/mol. The van der Waals surface area contributed by atoms with Gasteiger partial charge in [0.15, 0.2) is 11.6 Å². The quantitative estimate of drug-likeness (QED) is 0.171. The Labute approximate surface area is 233 Å². The van der Waals surface area contributed by atoms with Crippen molar-refractivity contribution in [1.82, 2.24) is 4.90 Å². The Bertz CT molecular complexity index is 1070. The van der Waals surface area contributed by atoms with E-state index in [1.807, 2.05) is 6.07 Å². The molecule has 0 atom stereocenters. The molecule has 216 valence electrons. The summed E-state index contributed by atoms with van der Waals surface area (Å²) in [4.78, 5) is 2.28. The molecule has 0 heterocycles. The lowest BCUT2D eigenvalue weighted by atomic mass is 9.89. The first-order valence-corrected chi connectivity index (χ1v) is 15.1. The topological polar surface area (TPSA) is 23.5 Å². The van der Waals surface area contributed by atoms with Gasteiger partial charge < -0.3 is 10.0 Å². The van der Waals surface area contributed by atoms with Crippen LogP contribution in [0.5, 0.6) is 5.75 Å². The average Bonchev–Trinajstić information content (AvgIpc) is 3.07. The molecule has 0 aliphatic heterocycles. The molecule has 0 saturated heterocycles. The first-order valence-electron chi connectivity index (χ1n) is 14.0. The highest BCUT2D eigenvalue weighted by Gasteiger charge is 2.26. The third-order valence-electron chi connectivity index (χ3n) is 7.28. The van der Waals surface area contributed by atoms with E-state index in [1.165, 1.54) is 30.0 Å². The number of hydrogen-bond donors (Lipinski definition) is 1. The number of alkyl halides is 3. The van der Waals surface area contributed by atoms with Gasteiger partial charge >= 0.3 is 6.18 Å². The van der Waals surface area contributed by atoms with Gasteiger partial charge in [-0.25, -0.2) is 8.78 Å². The average molecular weight is 570 g/mol. The summed E-state index contributed by atoms with van der Waals surface area (Å²) in [5, 5.41) is 9.94. The van der Waals surface area contributed by atoms with Crippen LogP contribution in [-0.4, -0.2) is 47.8 Å². The Morgan fingerprint density at radius 2 is 1.54 bits per heavy atom. The van der Waals surface area contributed by atoms with E-state index in [1.54, 1.807) is 12.1 Å². The van der Waals surface area contributed by atoms with Crippen molar-refractivity contribution in [1.29, 1.82) is 0 Å². The monoisotopic (exact) mass is 569 g/mol. The van der Waals surface area contributed by atoms with E-state index in [-0.39, 0.29) is 17.3 Å². The minimum atomic E-state index is -4.06. The second-order valence-corrected chi connectivity index (χ2v) is 11.6. The van der Waals surface area contributed by atoms with Gasteiger partial charge in [0.25, 0.3) is 0 Å². The molecule has 1 aliphatic carbocycles. The number of rotatable bonds is 15. The molecule has 0 unspecified atom stereocenters. The highest BCUT2D eigenvalue weighted by atomic mass is 32.2. The fraction of sp³-hybridized carbons (Fsp3) is 0.548. The van der Waals surface area contributed by atoms with Crippen molar-refractivity contribution in [2.24, 2.45) is 0 Å².